The van der Waals surface area contributed by atoms with Gasteiger partial charge in [-0.2, -0.15) is 10.7 Å². The van der Waals surface area contributed by atoms with Gasteiger partial charge < -0.3 is 4.84 Å². The number of nitrogens with zero attached hydrogens (tertiary/aromatic N) is 2. The average molecular weight is 175 g/mol. The van der Waals surface area contributed by atoms with Crippen LogP contribution in [0, 0.1) is 11.3 Å². The van der Waals surface area contributed by atoms with Crippen LogP contribution in [-0.2, 0) is 4.84 Å². The highest BCUT2D eigenvalue weighted by molar-refractivity contribution is 5.30. The van der Waals surface area contributed by atoms with Gasteiger partial charge in [-0.3, -0.25) is 4.98 Å². The van der Waals surface area contributed by atoms with Crippen molar-refractivity contribution in [1.29, 1.82) is 5.26 Å². The second-order valence-electron chi connectivity index (χ2n) is 2.93. The molecule has 0 bridgehead atoms. The summed E-state index contributed by atoms with van der Waals surface area (Å²) >= 11 is 0. The van der Waals surface area contributed by atoms with E-state index >= 15 is 0 Å². The van der Waals surface area contributed by atoms with Gasteiger partial charge in [0.15, 0.2) is 0 Å². The van der Waals surface area contributed by atoms with Gasteiger partial charge in [0, 0.05) is 12.4 Å². The van der Waals surface area contributed by atoms with Crippen molar-refractivity contribution in [3.8, 4) is 6.07 Å². The van der Waals surface area contributed by atoms with Gasteiger partial charge in [-0.05, 0) is 18.1 Å². The van der Waals surface area contributed by atoms with Gasteiger partial charge in [0.2, 0.25) is 0 Å². The highest BCUT2D eigenvalue weighted by Crippen LogP contribution is 2.20. The standard InChI is InChI=1S/C9H9N3O/c10-4-7-3-8(6-11-5-7)9-1-2-13-12-9/h3,5-6,9,12H,1-2H2/t9-/m1/s1. The molecule has 1 atom stereocenters. The molecule has 0 radical (unpaired) electrons. The molecule has 1 aliphatic heterocycles. The Kier molecular flexibility index (Phi) is 2.21. The minimum absolute atomic E-state index is 0.181. The number of hydroxylamine groups is 1. The zero-order valence-corrected chi connectivity index (χ0v) is 7.03. The lowest BCUT2D eigenvalue weighted by atomic mass is 10.1. The first kappa shape index (κ1) is 8.17. The summed E-state index contributed by atoms with van der Waals surface area (Å²) in [5.74, 6) is 0. The molecule has 0 spiro atoms. The van der Waals surface area contributed by atoms with Crippen LogP contribution < -0.4 is 5.48 Å². The third-order valence-electron chi connectivity index (χ3n) is 2.03. The molecule has 1 fully saturated rings. The number of hydrogen-bond donors (Lipinski definition) is 1. The van der Waals surface area contributed by atoms with E-state index in [2.05, 4.69) is 16.5 Å². The summed E-state index contributed by atoms with van der Waals surface area (Å²) in [5, 5.41) is 8.66. The number of rotatable bonds is 1. The third kappa shape index (κ3) is 1.66. The quantitative estimate of drug-likeness (QED) is 0.689. The fourth-order valence-electron chi connectivity index (χ4n) is 1.34. The van der Waals surface area contributed by atoms with Gasteiger partial charge in [-0.1, -0.05) is 0 Å². The number of hydrogen-bond acceptors (Lipinski definition) is 4. The zero-order chi connectivity index (χ0) is 9.10. The number of nitrogens with one attached hydrogen (secondary N) is 1. The summed E-state index contributed by atoms with van der Waals surface area (Å²) in [6, 6.07) is 4.07. The Bertz CT molecular complexity index is 339. The van der Waals surface area contributed by atoms with E-state index in [9.17, 15) is 0 Å². The predicted molar refractivity (Wildman–Crippen MR) is 45.4 cm³/mol. The fraction of sp³-hybridized carbons (Fsp3) is 0.333. The van der Waals surface area contributed by atoms with E-state index in [0.717, 1.165) is 12.0 Å². The molecule has 1 aromatic rings. The first-order valence-electron chi connectivity index (χ1n) is 4.12. The Hall–Kier alpha value is -1.44. The van der Waals surface area contributed by atoms with E-state index in [1.165, 1.54) is 0 Å². The first-order valence-corrected chi connectivity index (χ1v) is 4.12. The Morgan fingerprint density at radius 3 is 3.23 bits per heavy atom. The molecular formula is C9H9N3O. The fourth-order valence-corrected chi connectivity index (χ4v) is 1.34. The van der Waals surface area contributed by atoms with Crippen molar-refractivity contribution in [1.82, 2.24) is 10.5 Å². The predicted octanol–water partition coefficient (Wildman–Crippen LogP) is 0.919. The summed E-state index contributed by atoms with van der Waals surface area (Å²) < 4.78 is 0. The molecule has 0 saturated carbocycles. The van der Waals surface area contributed by atoms with Crippen LogP contribution in [-0.4, -0.2) is 11.6 Å². The van der Waals surface area contributed by atoms with Crippen LogP contribution in [0.1, 0.15) is 23.6 Å². The molecule has 1 aromatic heterocycles. The first-order chi connectivity index (χ1) is 6.40. The van der Waals surface area contributed by atoms with E-state index in [0.29, 0.717) is 12.2 Å². The van der Waals surface area contributed by atoms with E-state index in [1.807, 2.05) is 6.07 Å². The van der Waals surface area contributed by atoms with Gasteiger partial charge in [0.05, 0.1) is 18.2 Å². The Morgan fingerprint density at radius 1 is 1.62 bits per heavy atom. The van der Waals surface area contributed by atoms with Crippen molar-refractivity contribution in [2.24, 2.45) is 0 Å². The molecule has 0 aromatic carbocycles. The normalized spacial score (nSPS) is 21.3. The maximum atomic E-state index is 8.66. The SMILES string of the molecule is N#Cc1cncc([C@H]2CCON2)c1. The van der Waals surface area contributed by atoms with E-state index in [4.69, 9.17) is 10.1 Å². The Balaban J connectivity index is 2.25. The van der Waals surface area contributed by atoms with Gasteiger partial charge in [0.25, 0.3) is 0 Å². The van der Waals surface area contributed by atoms with E-state index in [1.54, 1.807) is 12.4 Å². The van der Waals surface area contributed by atoms with Crippen molar-refractivity contribution in [3.63, 3.8) is 0 Å². The second-order valence-corrected chi connectivity index (χ2v) is 2.93. The molecule has 4 nitrogen and oxygen atoms in total. The van der Waals surface area contributed by atoms with Crippen molar-refractivity contribution in [3.05, 3.63) is 29.6 Å². The molecule has 1 aliphatic rings. The third-order valence-corrected chi connectivity index (χ3v) is 2.03. The molecule has 2 heterocycles. The topological polar surface area (TPSA) is 57.9 Å². The zero-order valence-electron chi connectivity index (χ0n) is 7.03. The summed E-state index contributed by atoms with van der Waals surface area (Å²) in [7, 11) is 0. The van der Waals surface area contributed by atoms with Crippen molar-refractivity contribution in [2.45, 2.75) is 12.5 Å². The van der Waals surface area contributed by atoms with E-state index < -0.39 is 0 Å². The van der Waals surface area contributed by atoms with Crippen molar-refractivity contribution in [2.75, 3.05) is 6.61 Å². The maximum absolute atomic E-state index is 8.66. The molecule has 0 amide bonds. The average Bonchev–Trinajstić information content (AvgIpc) is 2.71. The largest absolute Gasteiger partial charge is 0.301 e. The van der Waals surface area contributed by atoms with Gasteiger partial charge in [0.1, 0.15) is 6.07 Å². The molecule has 1 saturated heterocycles. The number of pyridine rings is 1. The van der Waals surface area contributed by atoms with E-state index in [-0.39, 0.29) is 6.04 Å². The van der Waals surface area contributed by atoms with Gasteiger partial charge >= 0.3 is 0 Å². The van der Waals surface area contributed by atoms with Gasteiger partial charge in [-0.25, -0.2) is 0 Å². The molecule has 0 unspecified atom stereocenters. The molecule has 66 valence electrons. The maximum Gasteiger partial charge on any atom is 0.101 e. The number of aromatic nitrogens is 1. The van der Waals surface area contributed by atoms with Crippen LogP contribution in [0.2, 0.25) is 0 Å². The molecular weight excluding hydrogens is 166 g/mol. The van der Waals surface area contributed by atoms with Crippen molar-refractivity contribution < 1.29 is 4.84 Å². The Labute approximate surface area is 76.1 Å². The minimum atomic E-state index is 0.181. The van der Waals surface area contributed by atoms with Crippen LogP contribution in [0.3, 0.4) is 0 Å². The summed E-state index contributed by atoms with van der Waals surface area (Å²) in [6.45, 7) is 0.710. The lowest BCUT2D eigenvalue weighted by Gasteiger charge is -2.07. The Morgan fingerprint density at radius 2 is 2.54 bits per heavy atom. The summed E-state index contributed by atoms with van der Waals surface area (Å²) in [5.41, 5.74) is 4.47. The molecule has 1 N–H and O–H groups in total. The lowest BCUT2D eigenvalue weighted by Crippen LogP contribution is -2.11. The molecule has 4 heteroatoms. The highest BCUT2D eigenvalue weighted by Gasteiger charge is 2.17. The smallest absolute Gasteiger partial charge is 0.101 e. The second kappa shape index (κ2) is 3.52. The summed E-state index contributed by atoms with van der Waals surface area (Å²) in [6.07, 6.45) is 4.24. The van der Waals surface area contributed by atoms with Crippen LogP contribution in [0.5, 0.6) is 0 Å². The molecule has 13 heavy (non-hydrogen) atoms. The van der Waals surface area contributed by atoms with Crippen LogP contribution >= 0.6 is 0 Å². The molecule has 2 rings (SSSR count). The minimum Gasteiger partial charge on any atom is -0.301 e. The van der Waals surface area contributed by atoms with Crippen LogP contribution in [0.15, 0.2) is 18.5 Å². The lowest BCUT2D eigenvalue weighted by molar-refractivity contribution is 0.0882. The molecule has 0 aliphatic carbocycles. The van der Waals surface area contributed by atoms with Crippen molar-refractivity contribution >= 4 is 0 Å². The highest BCUT2D eigenvalue weighted by atomic mass is 16.7. The van der Waals surface area contributed by atoms with Crippen LogP contribution in [0.4, 0.5) is 0 Å². The monoisotopic (exact) mass is 175 g/mol. The summed E-state index contributed by atoms with van der Waals surface area (Å²) in [4.78, 5) is 9.01. The van der Waals surface area contributed by atoms with Gasteiger partial charge in [-0.15, -0.1) is 0 Å². The number of nitriles is 1. The van der Waals surface area contributed by atoms with Crippen LogP contribution in [0.25, 0.3) is 0 Å².